The average molecular weight is 881 g/mol. The number of nitriles is 2. The summed E-state index contributed by atoms with van der Waals surface area (Å²) in [7, 11) is 0. The number of benzene rings is 9. The van der Waals surface area contributed by atoms with E-state index in [1.54, 1.807) is 24.3 Å². The van der Waals surface area contributed by atoms with Gasteiger partial charge >= 0.3 is 6.18 Å². The number of hydrogen-bond acceptors (Lipinski definition) is 2. The lowest BCUT2D eigenvalue weighted by molar-refractivity contribution is -0.137. The zero-order chi connectivity index (χ0) is 46.7. The molecule has 0 N–H and O–H groups in total. The molecule has 11 aromatic rings. The van der Waals surface area contributed by atoms with E-state index in [0.717, 1.165) is 78.0 Å². The molecule has 0 amide bonds. The van der Waals surface area contributed by atoms with Gasteiger partial charge in [0, 0.05) is 43.9 Å². The lowest BCUT2D eigenvalue weighted by Gasteiger charge is -2.23. The molecule has 68 heavy (non-hydrogen) atoms. The standard InChI is InChI=1S/C59H31F3N6/c1-65-49-19-8-5-15-43(49)37-26-30-54-48(33-37)45-17-7-10-22-52(45)68(54)56-24-12-20-50(66-2)58(56)57-46(42-28-27-40(59(60,61)62)31-39(42)35-64)18-11-23-55(57)67-51-21-9-6-16-44(51)47-32-36(25-29-53(47)67)41-14-4-3-13-38(41)34-63/h3-33H. The van der Waals surface area contributed by atoms with Gasteiger partial charge in [0.15, 0.2) is 11.4 Å². The first-order chi connectivity index (χ1) is 33.2. The number of fused-ring (bicyclic) bond motifs is 6. The maximum absolute atomic E-state index is 14.3. The molecule has 0 aliphatic rings. The van der Waals surface area contributed by atoms with Gasteiger partial charge in [-0.3, -0.25) is 0 Å². The zero-order valence-corrected chi connectivity index (χ0v) is 35.7. The van der Waals surface area contributed by atoms with E-state index in [1.807, 2.05) is 133 Å². The maximum atomic E-state index is 14.3. The van der Waals surface area contributed by atoms with Crippen molar-refractivity contribution in [2.75, 3.05) is 0 Å². The van der Waals surface area contributed by atoms with Gasteiger partial charge in [-0.15, -0.1) is 0 Å². The van der Waals surface area contributed by atoms with Crippen LogP contribution in [0.3, 0.4) is 0 Å². The molecule has 0 radical (unpaired) electrons. The largest absolute Gasteiger partial charge is 0.416 e. The van der Waals surface area contributed by atoms with E-state index in [0.29, 0.717) is 39.3 Å². The molecule has 0 saturated carbocycles. The van der Waals surface area contributed by atoms with Gasteiger partial charge in [0.05, 0.1) is 69.7 Å². The number of nitrogens with zero attached hydrogens (tertiary/aromatic N) is 6. The van der Waals surface area contributed by atoms with E-state index < -0.39 is 11.7 Å². The van der Waals surface area contributed by atoms with E-state index in [-0.39, 0.29) is 16.8 Å². The molecule has 0 aliphatic carbocycles. The van der Waals surface area contributed by atoms with Gasteiger partial charge in [-0.2, -0.15) is 23.7 Å². The predicted octanol–water partition coefficient (Wildman–Crippen LogP) is 16.4. The fourth-order valence-electron chi connectivity index (χ4n) is 9.77. The van der Waals surface area contributed by atoms with Gasteiger partial charge < -0.3 is 9.13 Å². The smallest absolute Gasteiger partial charge is 0.310 e. The van der Waals surface area contributed by atoms with Gasteiger partial charge in [-0.25, -0.2) is 9.69 Å². The van der Waals surface area contributed by atoms with Crippen molar-refractivity contribution < 1.29 is 13.2 Å². The third-order valence-corrected chi connectivity index (χ3v) is 12.7. The van der Waals surface area contributed by atoms with Crippen LogP contribution in [0.25, 0.3) is 109 Å². The van der Waals surface area contributed by atoms with Crippen LogP contribution in [-0.4, -0.2) is 9.13 Å². The molecule has 9 heteroatoms. The normalized spacial score (nSPS) is 11.4. The summed E-state index contributed by atoms with van der Waals surface area (Å²) < 4.78 is 47.0. The van der Waals surface area contributed by atoms with Gasteiger partial charge in [-0.1, -0.05) is 121 Å². The van der Waals surface area contributed by atoms with Crippen LogP contribution in [0.4, 0.5) is 24.5 Å². The highest BCUT2D eigenvalue weighted by atomic mass is 19.4. The molecule has 2 heterocycles. The van der Waals surface area contributed by atoms with Gasteiger partial charge in [-0.05, 0) is 94.5 Å². The molecule has 0 aliphatic heterocycles. The molecule has 0 spiro atoms. The predicted molar refractivity (Wildman–Crippen MR) is 264 cm³/mol. The maximum Gasteiger partial charge on any atom is 0.416 e. The summed E-state index contributed by atoms with van der Waals surface area (Å²) in [6, 6.07) is 61.6. The van der Waals surface area contributed by atoms with Crippen LogP contribution in [0.15, 0.2) is 188 Å². The quantitative estimate of drug-likeness (QED) is 0.156. The Labute approximate surface area is 388 Å². The molecule has 2 aromatic heterocycles. The second-order valence-electron chi connectivity index (χ2n) is 16.3. The summed E-state index contributed by atoms with van der Waals surface area (Å²) in [5.41, 5.74) is 9.84. The van der Waals surface area contributed by atoms with Crippen molar-refractivity contribution >= 4 is 55.0 Å². The summed E-state index contributed by atoms with van der Waals surface area (Å²) in [5.74, 6) is 0. The van der Waals surface area contributed by atoms with Crippen molar-refractivity contribution in [3.05, 3.63) is 228 Å². The van der Waals surface area contributed by atoms with E-state index in [1.165, 1.54) is 6.07 Å². The number of aromatic nitrogens is 2. The zero-order valence-electron chi connectivity index (χ0n) is 35.7. The second kappa shape index (κ2) is 16.1. The van der Waals surface area contributed by atoms with Crippen molar-refractivity contribution in [3.8, 4) is 68.0 Å². The molecule has 0 atom stereocenters. The number of alkyl halides is 3. The molecule has 0 fully saturated rings. The Morgan fingerprint density at radius 1 is 0.412 bits per heavy atom. The lowest BCUT2D eigenvalue weighted by Crippen LogP contribution is -2.06. The second-order valence-corrected chi connectivity index (χ2v) is 16.3. The topological polar surface area (TPSA) is 66.2 Å². The molecule has 6 nitrogen and oxygen atoms in total. The molecule has 0 saturated heterocycles. The Morgan fingerprint density at radius 3 is 1.53 bits per heavy atom. The van der Waals surface area contributed by atoms with Crippen molar-refractivity contribution in [3.63, 3.8) is 0 Å². The summed E-state index contributed by atoms with van der Waals surface area (Å²) in [4.78, 5) is 7.93. The number of halogens is 3. The van der Waals surface area contributed by atoms with Crippen molar-refractivity contribution in [2.24, 2.45) is 0 Å². The van der Waals surface area contributed by atoms with Crippen molar-refractivity contribution in [2.45, 2.75) is 6.18 Å². The van der Waals surface area contributed by atoms with Gasteiger partial charge in [0.2, 0.25) is 0 Å². The van der Waals surface area contributed by atoms with Crippen LogP contribution in [0.5, 0.6) is 0 Å². The van der Waals surface area contributed by atoms with Gasteiger partial charge in [0.1, 0.15) is 0 Å². The van der Waals surface area contributed by atoms with Crippen LogP contribution in [0.1, 0.15) is 16.7 Å². The van der Waals surface area contributed by atoms with Crippen LogP contribution in [0, 0.1) is 35.8 Å². The summed E-state index contributed by atoms with van der Waals surface area (Å²) in [5, 5.41) is 24.3. The molecular weight excluding hydrogens is 850 g/mol. The molecule has 11 rings (SSSR count). The Morgan fingerprint density at radius 2 is 0.912 bits per heavy atom. The third-order valence-electron chi connectivity index (χ3n) is 12.7. The van der Waals surface area contributed by atoms with Crippen LogP contribution in [0.2, 0.25) is 0 Å². The summed E-state index contributed by atoms with van der Waals surface area (Å²) in [6.45, 7) is 16.6. The molecule has 0 unspecified atom stereocenters. The average Bonchev–Trinajstić information content (AvgIpc) is 3.89. The minimum absolute atomic E-state index is 0.174. The first-order valence-corrected chi connectivity index (χ1v) is 21.5. The fourth-order valence-corrected chi connectivity index (χ4v) is 9.77. The van der Waals surface area contributed by atoms with Crippen molar-refractivity contribution in [1.82, 2.24) is 9.13 Å². The highest BCUT2D eigenvalue weighted by Gasteiger charge is 2.32. The summed E-state index contributed by atoms with van der Waals surface area (Å²) >= 11 is 0. The lowest BCUT2D eigenvalue weighted by atomic mass is 9.88. The Hall–Kier alpha value is -9.67. The Balaban J connectivity index is 1.26. The van der Waals surface area contributed by atoms with Crippen molar-refractivity contribution in [1.29, 1.82) is 10.5 Å². The number of para-hydroxylation sites is 3. The molecule has 318 valence electrons. The van der Waals surface area contributed by atoms with Crippen LogP contribution < -0.4 is 0 Å². The Bertz CT molecular complexity index is 4090. The molecule has 9 aromatic carbocycles. The van der Waals surface area contributed by atoms with Crippen LogP contribution >= 0.6 is 0 Å². The van der Waals surface area contributed by atoms with E-state index in [2.05, 4.69) is 43.1 Å². The first-order valence-electron chi connectivity index (χ1n) is 21.5. The third kappa shape index (κ3) is 6.46. The number of hydrogen-bond donors (Lipinski definition) is 0. The minimum Gasteiger partial charge on any atom is -0.310 e. The minimum atomic E-state index is -4.69. The van der Waals surface area contributed by atoms with E-state index in [9.17, 15) is 23.7 Å². The van der Waals surface area contributed by atoms with E-state index >= 15 is 0 Å². The highest BCUT2D eigenvalue weighted by molar-refractivity contribution is 6.14. The highest BCUT2D eigenvalue weighted by Crippen LogP contribution is 2.50. The SMILES string of the molecule is [C-]#[N+]c1ccccc1-c1ccc2c(c1)c1ccccc1n2-c1cccc([N+]#[C-])c1-c1c(-c2ccc(C(F)(F)F)cc2C#N)cccc1-n1c2ccccc2c2cc(-c3ccccc3C#N)ccc21. The van der Waals surface area contributed by atoms with Gasteiger partial charge in [0.25, 0.3) is 0 Å². The number of rotatable bonds is 6. The van der Waals surface area contributed by atoms with Crippen LogP contribution in [-0.2, 0) is 6.18 Å². The summed E-state index contributed by atoms with van der Waals surface area (Å²) in [6.07, 6.45) is -4.69. The molecule has 0 bridgehead atoms. The monoisotopic (exact) mass is 880 g/mol. The Kier molecular flexibility index (Phi) is 9.72. The molecular formula is C59H31F3N6. The first kappa shape index (κ1) is 41.1. The van der Waals surface area contributed by atoms with E-state index in [4.69, 9.17) is 13.1 Å². The fraction of sp³-hybridized carbons (Fsp3) is 0.0169.